The van der Waals surface area contributed by atoms with Gasteiger partial charge in [-0.15, -0.1) is 0 Å². The lowest BCUT2D eigenvalue weighted by atomic mass is 10.2. The molecule has 1 amide bonds. The molecular formula is C12H11BrIN3O2. The first-order chi connectivity index (χ1) is 9.06. The van der Waals surface area contributed by atoms with Crippen molar-refractivity contribution in [2.24, 2.45) is 0 Å². The summed E-state index contributed by atoms with van der Waals surface area (Å²) >= 11 is 5.54. The Morgan fingerprint density at radius 2 is 2.32 bits per heavy atom. The summed E-state index contributed by atoms with van der Waals surface area (Å²) in [7, 11) is 0. The molecule has 0 radical (unpaired) electrons. The van der Waals surface area contributed by atoms with E-state index in [0.29, 0.717) is 30.2 Å². The van der Waals surface area contributed by atoms with Crippen LogP contribution in [0.5, 0.6) is 0 Å². The van der Waals surface area contributed by atoms with Crippen LogP contribution in [0.3, 0.4) is 0 Å². The number of carbonyl (C=O) groups is 1. The molecule has 0 saturated heterocycles. The summed E-state index contributed by atoms with van der Waals surface area (Å²) in [4.78, 5) is 16.1. The maximum atomic E-state index is 12.0. The zero-order valence-electron chi connectivity index (χ0n) is 10.1. The van der Waals surface area contributed by atoms with Crippen LogP contribution in [0.4, 0.5) is 0 Å². The highest BCUT2D eigenvalue weighted by Crippen LogP contribution is 2.19. The molecule has 0 bridgehead atoms. The van der Waals surface area contributed by atoms with Crippen LogP contribution in [0.25, 0.3) is 0 Å². The highest BCUT2D eigenvalue weighted by atomic mass is 127. The van der Waals surface area contributed by atoms with Gasteiger partial charge in [0.15, 0.2) is 5.82 Å². The van der Waals surface area contributed by atoms with Crippen molar-refractivity contribution in [3.8, 4) is 0 Å². The smallest absolute Gasteiger partial charge is 0.252 e. The van der Waals surface area contributed by atoms with Crippen molar-refractivity contribution in [3.63, 3.8) is 0 Å². The Labute approximate surface area is 132 Å². The van der Waals surface area contributed by atoms with Gasteiger partial charge in [-0.05, 0) is 56.7 Å². The molecule has 1 heterocycles. The first-order valence-corrected chi connectivity index (χ1v) is 7.46. The van der Waals surface area contributed by atoms with Gasteiger partial charge in [-0.3, -0.25) is 4.79 Å². The summed E-state index contributed by atoms with van der Waals surface area (Å²) in [5.74, 6) is 1.01. The molecule has 2 aromatic rings. The fourth-order valence-corrected chi connectivity index (χ4v) is 2.42. The molecule has 7 heteroatoms. The summed E-state index contributed by atoms with van der Waals surface area (Å²) in [5.41, 5.74) is 0.621. The number of carbonyl (C=O) groups excluding carboxylic acids is 1. The molecule has 0 unspecified atom stereocenters. The van der Waals surface area contributed by atoms with Crippen molar-refractivity contribution >= 4 is 44.4 Å². The topological polar surface area (TPSA) is 68.0 Å². The van der Waals surface area contributed by atoms with E-state index >= 15 is 0 Å². The van der Waals surface area contributed by atoms with E-state index in [9.17, 15) is 4.79 Å². The van der Waals surface area contributed by atoms with Gasteiger partial charge in [0.25, 0.3) is 5.91 Å². The highest BCUT2D eigenvalue weighted by molar-refractivity contribution is 14.1. The summed E-state index contributed by atoms with van der Waals surface area (Å²) in [5, 5.41) is 6.60. The predicted octanol–water partition coefficient (Wildman–Crippen LogP) is 2.72. The van der Waals surface area contributed by atoms with Crippen LogP contribution in [0, 0.1) is 10.5 Å². The summed E-state index contributed by atoms with van der Waals surface area (Å²) < 4.78 is 6.65. The lowest BCUT2D eigenvalue weighted by Crippen LogP contribution is -2.26. The minimum atomic E-state index is -0.120. The molecule has 0 atom stereocenters. The highest BCUT2D eigenvalue weighted by Gasteiger charge is 2.10. The van der Waals surface area contributed by atoms with E-state index in [1.54, 1.807) is 6.92 Å². The summed E-state index contributed by atoms with van der Waals surface area (Å²) in [6.07, 6.45) is 0.546. The third kappa shape index (κ3) is 4.00. The van der Waals surface area contributed by atoms with Crippen LogP contribution in [-0.2, 0) is 6.42 Å². The van der Waals surface area contributed by atoms with Crippen molar-refractivity contribution in [2.75, 3.05) is 6.54 Å². The van der Waals surface area contributed by atoms with Crippen molar-refractivity contribution in [2.45, 2.75) is 13.3 Å². The average molecular weight is 436 g/mol. The molecule has 1 aromatic carbocycles. The molecule has 100 valence electrons. The standard InChI is InChI=1S/C12H11BrIN3O2/c1-7-16-11(17-19-7)4-5-15-12(18)9-6-8(14)2-3-10(9)13/h2-3,6H,4-5H2,1H3,(H,15,18). The third-order valence-corrected chi connectivity index (χ3v) is 3.74. The number of hydrogen-bond acceptors (Lipinski definition) is 4. The number of amides is 1. The van der Waals surface area contributed by atoms with E-state index in [1.807, 2.05) is 18.2 Å². The molecule has 0 fully saturated rings. The van der Waals surface area contributed by atoms with Crippen LogP contribution in [0.15, 0.2) is 27.2 Å². The van der Waals surface area contributed by atoms with Crippen molar-refractivity contribution in [3.05, 3.63) is 43.5 Å². The molecule has 5 nitrogen and oxygen atoms in total. The second-order valence-corrected chi connectivity index (χ2v) is 5.96. The zero-order chi connectivity index (χ0) is 13.8. The van der Waals surface area contributed by atoms with Gasteiger partial charge in [0.1, 0.15) is 0 Å². The summed E-state index contributed by atoms with van der Waals surface area (Å²) in [6.45, 7) is 2.20. The Kier molecular flexibility index (Phi) is 4.92. The van der Waals surface area contributed by atoms with E-state index in [-0.39, 0.29) is 5.91 Å². The Morgan fingerprint density at radius 1 is 1.53 bits per heavy atom. The lowest BCUT2D eigenvalue weighted by molar-refractivity contribution is 0.0953. The van der Waals surface area contributed by atoms with Crippen molar-refractivity contribution in [1.29, 1.82) is 0 Å². The molecular weight excluding hydrogens is 425 g/mol. The third-order valence-electron chi connectivity index (χ3n) is 2.38. The number of rotatable bonds is 4. The van der Waals surface area contributed by atoms with Crippen molar-refractivity contribution < 1.29 is 9.32 Å². The Hall–Kier alpha value is -0.960. The first-order valence-electron chi connectivity index (χ1n) is 5.58. The van der Waals surface area contributed by atoms with Gasteiger partial charge in [-0.1, -0.05) is 5.16 Å². The van der Waals surface area contributed by atoms with E-state index in [1.165, 1.54) is 0 Å². The van der Waals surface area contributed by atoms with Crippen LogP contribution >= 0.6 is 38.5 Å². The SMILES string of the molecule is Cc1nc(CCNC(=O)c2cc(I)ccc2Br)no1. The van der Waals surface area contributed by atoms with Gasteiger partial charge >= 0.3 is 0 Å². The quantitative estimate of drug-likeness (QED) is 0.749. The van der Waals surface area contributed by atoms with Crippen LogP contribution in [0.1, 0.15) is 22.1 Å². The van der Waals surface area contributed by atoms with Gasteiger partial charge in [0.05, 0.1) is 5.56 Å². The van der Waals surface area contributed by atoms with E-state index in [4.69, 9.17) is 4.52 Å². The molecule has 19 heavy (non-hydrogen) atoms. The molecule has 1 N–H and O–H groups in total. The number of hydrogen-bond donors (Lipinski definition) is 1. The molecule has 0 aliphatic rings. The van der Waals surface area contributed by atoms with Crippen LogP contribution in [-0.4, -0.2) is 22.6 Å². The number of aromatic nitrogens is 2. The molecule has 0 spiro atoms. The maximum Gasteiger partial charge on any atom is 0.252 e. The van der Waals surface area contributed by atoms with E-state index in [2.05, 4.69) is 54.0 Å². The average Bonchev–Trinajstić information content (AvgIpc) is 2.78. The molecule has 0 saturated carbocycles. The second-order valence-electron chi connectivity index (χ2n) is 3.86. The minimum absolute atomic E-state index is 0.120. The Morgan fingerprint density at radius 3 is 3.00 bits per heavy atom. The van der Waals surface area contributed by atoms with Gasteiger partial charge in [-0.2, -0.15) is 4.98 Å². The fraction of sp³-hybridized carbons (Fsp3) is 0.250. The monoisotopic (exact) mass is 435 g/mol. The minimum Gasteiger partial charge on any atom is -0.352 e. The van der Waals surface area contributed by atoms with Gasteiger partial charge in [0, 0.05) is 27.9 Å². The number of halogens is 2. The van der Waals surface area contributed by atoms with E-state index in [0.717, 1.165) is 8.04 Å². The Balaban J connectivity index is 1.92. The molecule has 0 aliphatic carbocycles. The van der Waals surface area contributed by atoms with Crippen LogP contribution < -0.4 is 5.32 Å². The van der Waals surface area contributed by atoms with E-state index < -0.39 is 0 Å². The van der Waals surface area contributed by atoms with Crippen molar-refractivity contribution in [1.82, 2.24) is 15.5 Å². The van der Waals surface area contributed by atoms with Gasteiger partial charge in [0.2, 0.25) is 5.89 Å². The number of aryl methyl sites for hydroxylation is 1. The molecule has 1 aromatic heterocycles. The van der Waals surface area contributed by atoms with Gasteiger partial charge < -0.3 is 9.84 Å². The maximum absolute atomic E-state index is 12.0. The lowest BCUT2D eigenvalue weighted by Gasteiger charge is -2.06. The summed E-state index contributed by atoms with van der Waals surface area (Å²) in [6, 6.07) is 5.63. The fourth-order valence-electron chi connectivity index (χ4n) is 1.50. The Bertz CT molecular complexity index is 600. The largest absolute Gasteiger partial charge is 0.352 e. The molecule has 0 aliphatic heterocycles. The predicted molar refractivity (Wildman–Crippen MR) is 81.9 cm³/mol. The molecule has 2 rings (SSSR count). The first kappa shape index (κ1) is 14.4. The second kappa shape index (κ2) is 6.47. The number of benzene rings is 1. The normalized spacial score (nSPS) is 10.5. The van der Waals surface area contributed by atoms with Gasteiger partial charge in [-0.25, -0.2) is 0 Å². The zero-order valence-corrected chi connectivity index (χ0v) is 13.9. The van der Waals surface area contributed by atoms with Crippen LogP contribution in [0.2, 0.25) is 0 Å². The number of nitrogens with one attached hydrogen (secondary N) is 1. The number of nitrogens with zero attached hydrogens (tertiary/aromatic N) is 2.